The van der Waals surface area contributed by atoms with E-state index in [1.807, 2.05) is 18.2 Å². The molecule has 0 unspecified atom stereocenters. The largest absolute Gasteiger partial charge is 0.383 e. The zero-order chi connectivity index (χ0) is 12.0. The van der Waals surface area contributed by atoms with Gasteiger partial charge < -0.3 is 9.64 Å². The summed E-state index contributed by atoms with van der Waals surface area (Å²) in [7, 11) is 1.68. The molecular formula is C12H17N3O. The van der Waals surface area contributed by atoms with E-state index in [-0.39, 0.29) is 0 Å². The van der Waals surface area contributed by atoms with Gasteiger partial charge in [0.05, 0.1) is 6.61 Å². The molecule has 0 aromatic carbocycles. The number of nitrogens with zero attached hydrogens (tertiary/aromatic N) is 3. The molecule has 0 saturated carbocycles. The smallest absolute Gasteiger partial charge is 0.142 e. The topological polar surface area (TPSA) is 49.1 Å². The second kappa shape index (κ2) is 6.09. The van der Waals surface area contributed by atoms with Crippen molar-refractivity contribution in [3.63, 3.8) is 0 Å². The normalized spacial score (nSPS) is 10.2. The second-order valence-corrected chi connectivity index (χ2v) is 3.77. The zero-order valence-electron chi connectivity index (χ0n) is 9.97. The Kier molecular flexibility index (Phi) is 4.74. The summed E-state index contributed by atoms with van der Waals surface area (Å²) >= 11 is 0. The maximum absolute atomic E-state index is 8.80. The van der Waals surface area contributed by atoms with Crippen LogP contribution in [0.5, 0.6) is 0 Å². The van der Waals surface area contributed by atoms with Crippen molar-refractivity contribution in [2.45, 2.75) is 19.9 Å². The lowest BCUT2D eigenvalue weighted by molar-refractivity contribution is 0.203. The Morgan fingerprint density at radius 2 is 2.25 bits per heavy atom. The predicted octanol–water partition coefficient (Wildman–Crippen LogP) is 1.81. The van der Waals surface area contributed by atoms with Gasteiger partial charge in [-0.2, -0.15) is 5.26 Å². The number of nitriles is 1. The summed E-state index contributed by atoms with van der Waals surface area (Å²) in [6.45, 7) is 5.61. The van der Waals surface area contributed by atoms with Crippen LogP contribution in [0.3, 0.4) is 0 Å². The SMILES string of the molecule is COCCN(c1cccc(C#N)n1)C(C)C. The first kappa shape index (κ1) is 12.5. The minimum Gasteiger partial charge on any atom is -0.383 e. The molecule has 1 aromatic rings. The number of methoxy groups -OCH3 is 1. The quantitative estimate of drug-likeness (QED) is 0.758. The Morgan fingerprint density at radius 3 is 2.81 bits per heavy atom. The van der Waals surface area contributed by atoms with Crippen LogP contribution in [-0.4, -0.2) is 31.3 Å². The molecule has 0 atom stereocenters. The first-order chi connectivity index (χ1) is 7.69. The van der Waals surface area contributed by atoms with Gasteiger partial charge in [-0.3, -0.25) is 0 Å². The molecule has 0 aliphatic heterocycles. The highest BCUT2D eigenvalue weighted by molar-refractivity contribution is 5.42. The van der Waals surface area contributed by atoms with Gasteiger partial charge in [-0.1, -0.05) is 6.07 Å². The number of pyridine rings is 1. The van der Waals surface area contributed by atoms with Crippen molar-refractivity contribution in [1.82, 2.24) is 4.98 Å². The van der Waals surface area contributed by atoms with Crippen LogP contribution in [0, 0.1) is 11.3 Å². The van der Waals surface area contributed by atoms with Crippen molar-refractivity contribution in [2.24, 2.45) is 0 Å². The Balaban J connectivity index is 2.88. The molecule has 0 aliphatic rings. The summed E-state index contributed by atoms with van der Waals surface area (Å²) in [6.07, 6.45) is 0. The summed E-state index contributed by atoms with van der Waals surface area (Å²) < 4.78 is 5.07. The van der Waals surface area contributed by atoms with E-state index in [9.17, 15) is 0 Å². The summed E-state index contributed by atoms with van der Waals surface area (Å²) in [5.74, 6) is 0.825. The van der Waals surface area contributed by atoms with Crippen LogP contribution < -0.4 is 4.90 Å². The Morgan fingerprint density at radius 1 is 1.50 bits per heavy atom. The van der Waals surface area contributed by atoms with E-state index in [2.05, 4.69) is 23.7 Å². The number of rotatable bonds is 5. The van der Waals surface area contributed by atoms with Gasteiger partial charge in [0, 0.05) is 19.7 Å². The van der Waals surface area contributed by atoms with Gasteiger partial charge in [0.2, 0.25) is 0 Å². The third-order valence-electron chi connectivity index (χ3n) is 2.30. The van der Waals surface area contributed by atoms with Crippen molar-refractivity contribution >= 4 is 5.82 Å². The molecule has 4 heteroatoms. The molecule has 86 valence electrons. The van der Waals surface area contributed by atoms with Gasteiger partial charge >= 0.3 is 0 Å². The number of hydrogen-bond donors (Lipinski definition) is 0. The minimum absolute atomic E-state index is 0.330. The van der Waals surface area contributed by atoms with Crippen LogP contribution in [0.1, 0.15) is 19.5 Å². The van der Waals surface area contributed by atoms with Crippen molar-refractivity contribution in [3.05, 3.63) is 23.9 Å². The van der Waals surface area contributed by atoms with Gasteiger partial charge in [0.25, 0.3) is 0 Å². The standard InChI is InChI=1S/C12H17N3O/c1-10(2)15(7-8-16-3)12-6-4-5-11(9-13)14-12/h4-6,10H,7-8H2,1-3H3. The molecule has 0 saturated heterocycles. The highest BCUT2D eigenvalue weighted by atomic mass is 16.5. The lowest BCUT2D eigenvalue weighted by atomic mass is 10.3. The van der Waals surface area contributed by atoms with Crippen LogP contribution in [0.25, 0.3) is 0 Å². The molecule has 1 aromatic heterocycles. The average molecular weight is 219 g/mol. The van der Waals surface area contributed by atoms with Crippen molar-refractivity contribution in [2.75, 3.05) is 25.2 Å². The highest BCUT2D eigenvalue weighted by Crippen LogP contribution is 2.14. The van der Waals surface area contributed by atoms with Crippen molar-refractivity contribution < 1.29 is 4.74 Å². The fraction of sp³-hybridized carbons (Fsp3) is 0.500. The highest BCUT2D eigenvalue weighted by Gasteiger charge is 2.11. The fourth-order valence-corrected chi connectivity index (χ4v) is 1.47. The average Bonchev–Trinajstić information content (AvgIpc) is 2.29. The molecular weight excluding hydrogens is 202 g/mol. The fourth-order valence-electron chi connectivity index (χ4n) is 1.47. The molecule has 0 radical (unpaired) electrons. The van der Waals surface area contributed by atoms with Gasteiger partial charge in [-0.05, 0) is 26.0 Å². The van der Waals surface area contributed by atoms with Crippen LogP contribution in [0.15, 0.2) is 18.2 Å². The molecule has 16 heavy (non-hydrogen) atoms. The minimum atomic E-state index is 0.330. The molecule has 1 heterocycles. The predicted molar refractivity (Wildman–Crippen MR) is 63.3 cm³/mol. The van der Waals surface area contributed by atoms with Crippen LogP contribution in [-0.2, 0) is 4.74 Å². The second-order valence-electron chi connectivity index (χ2n) is 3.77. The monoisotopic (exact) mass is 219 g/mol. The Hall–Kier alpha value is -1.60. The maximum Gasteiger partial charge on any atom is 0.142 e. The summed E-state index contributed by atoms with van der Waals surface area (Å²) in [4.78, 5) is 6.39. The summed E-state index contributed by atoms with van der Waals surface area (Å²) in [6, 6.07) is 7.85. The molecule has 0 aliphatic carbocycles. The first-order valence-electron chi connectivity index (χ1n) is 5.31. The van der Waals surface area contributed by atoms with E-state index < -0.39 is 0 Å². The van der Waals surface area contributed by atoms with Crippen molar-refractivity contribution in [1.29, 1.82) is 5.26 Å². The summed E-state index contributed by atoms with van der Waals surface area (Å²) in [5.41, 5.74) is 0.445. The molecule has 0 N–H and O–H groups in total. The van der Waals surface area contributed by atoms with Crippen molar-refractivity contribution in [3.8, 4) is 6.07 Å². The summed E-state index contributed by atoms with van der Waals surface area (Å²) in [5, 5.41) is 8.80. The van der Waals surface area contributed by atoms with Crippen LogP contribution >= 0.6 is 0 Å². The van der Waals surface area contributed by atoms with E-state index in [4.69, 9.17) is 10.00 Å². The van der Waals surface area contributed by atoms with E-state index >= 15 is 0 Å². The first-order valence-corrected chi connectivity index (χ1v) is 5.31. The lowest BCUT2D eigenvalue weighted by Gasteiger charge is -2.27. The zero-order valence-corrected chi connectivity index (χ0v) is 9.97. The molecule has 0 amide bonds. The van der Waals surface area contributed by atoms with Gasteiger partial charge in [-0.25, -0.2) is 4.98 Å². The number of aromatic nitrogens is 1. The molecule has 4 nitrogen and oxygen atoms in total. The number of hydrogen-bond acceptors (Lipinski definition) is 4. The van der Waals surface area contributed by atoms with Crippen LogP contribution in [0.4, 0.5) is 5.82 Å². The van der Waals surface area contributed by atoms with Gasteiger partial charge in [-0.15, -0.1) is 0 Å². The third-order valence-corrected chi connectivity index (χ3v) is 2.30. The Bertz CT molecular complexity index is 371. The lowest BCUT2D eigenvalue weighted by Crippen LogP contribution is -2.34. The maximum atomic E-state index is 8.80. The van der Waals surface area contributed by atoms with E-state index in [0.29, 0.717) is 18.3 Å². The molecule has 1 rings (SSSR count). The molecule has 0 spiro atoms. The van der Waals surface area contributed by atoms with E-state index in [1.54, 1.807) is 13.2 Å². The Labute approximate surface area is 96.5 Å². The number of anilines is 1. The molecule has 0 bridgehead atoms. The molecule has 0 fully saturated rings. The van der Waals surface area contributed by atoms with Gasteiger partial charge in [0.15, 0.2) is 0 Å². The number of ether oxygens (including phenoxy) is 1. The van der Waals surface area contributed by atoms with E-state index in [1.165, 1.54) is 0 Å². The van der Waals surface area contributed by atoms with E-state index in [0.717, 1.165) is 12.4 Å². The van der Waals surface area contributed by atoms with Crippen LogP contribution in [0.2, 0.25) is 0 Å². The third kappa shape index (κ3) is 3.21. The van der Waals surface area contributed by atoms with Gasteiger partial charge in [0.1, 0.15) is 17.6 Å².